The van der Waals surface area contributed by atoms with Crippen molar-refractivity contribution in [3.05, 3.63) is 31.7 Å². The Kier molecular flexibility index (Phi) is 4.62. The quantitative estimate of drug-likeness (QED) is 0.911. The molecule has 2 rings (SSSR count). The van der Waals surface area contributed by atoms with E-state index in [1.165, 1.54) is 9.88 Å². The summed E-state index contributed by atoms with van der Waals surface area (Å²) in [5, 5.41) is 8.04. The lowest BCUT2D eigenvalue weighted by molar-refractivity contribution is 0.559. The number of hydrogen-bond acceptors (Lipinski definition) is 5. The zero-order valence-electron chi connectivity index (χ0n) is 13.1. The van der Waals surface area contributed by atoms with Gasteiger partial charge in [-0.1, -0.05) is 20.8 Å². The smallest absolute Gasteiger partial charge is 0.0982 e. The molecule has 1 unspecified atom stereocenters. The Hall–Kier alpha value is -0.780. The fourth-order valence-corrected chi connectivity index (χ4v) is 3.89. The van der Waals surface area contributed by atoms with Crippen LogP contribution in [-0.2, 0) is 12.0 Å². The Bertz CT molecular complexity index is 578. The van der Waals surface area contributed by atoms with Gasteiger partial charge in [0.1, 0.15) is 0 Å². The molecule has 0 aliphatic heterocycles. The van der Waals surface area contributed by atoms with E-state index in [-0.39, 0.29) is 5.41 Å². The minimum absolute atomic E-state index is 0.139. The molecule has 2 aromatic heterocycles. The molecule has 3 nitrogen and oxygen atoms in total. The van der Waals surface area contributed by atoms with Gasteiger partial charge in [0, 0.05) is 28.3 Å². The van der Waals surface area contributed by atoms with Crippen molar-refractivity contribution in [3.8, 4) is 0 Å². The number of nitrogens with zero attached hydrogens (tertiary/aromatic N) is 2. The van der Waals surface area contributed by atoms with Gasteiger partial charge in [-0.15, -0.1) is 22.7 Å². The maximum Gasteiger partial charge on any atom is 0.0982 e. The summed E-state index contributed by atoms with van der Waals surface area (Å²) in [4.78, 5) is 10.5. The Morgan fingerprint density at radius 2 is 1.95 bits per heavy atom. The first kappa shape index (κ1) is 15.6. The van der Waals surface area contributed by atoms with E-state index in [0.717, 1.165) is 22.9 Å². The Balaban J connectivity index is 1.98. The molecule has 0 amide bonds. The molecule has 0 fully saturated rings. The summed E-state index contributed by atoms with van der Waals surface area (Å²) in [6.45, 7) is 13.8. The monoisotopic (exact) mass is 309 g/mol. The van der Waals surface area contributed by atoms with Crippen LogP contribution in [0.3, 0.4) is 0 Å². The van der Waals surface area contributed by atoms with E-state index in [2.05, 4.69) is 57.2 Å². The number of thiazole rings is 2. The van der Waals surface area contributed by atoms with Crippen molar-refractivity contribution in [2.45, 2.75) is 59.5 Å². The lowest BCUT2D eigenvalue weighted by Gasteiger charge is -2.14. The van der Waals surface area contributed by atoms with Gasteiger partial charge in [0.05, 0.1) is 21.4 Å². The Morgan fingerprint density at radius 3 is 2.45 bits per heavy atom. The highest BCUT2D eigenvalue weighted by atomic mass is 32.1. The van der Waals surface area contributed by atoms with E-state index < -0.39 is 0 Å². The van der Waals surface area contributed by atoms with Crippen molar-refractivity contribution in [1.82, 2.24) is 15.3 Å². The first-order valence-corrected chi connectivity index (χ1v) is 8.59. The molecule has 110 valence electrons. The summed E-state index contributed by atoms with van der Waals surface area (Å²) in [5.41, 5.74) is 2.41. The zero-order valence-corrected chi connectivity index (χ0v) is 14.7. The lowest BCUT2D eigenvalue weighted by atomic mass is 9.98. The number of aromatic nitrogens is 2. The van der Waals surface area contributed by atoms with E-state index in [0.29, 0.717) is 6.04 Å². The highest BCUT2D eigenvalue weighted by molar-refractivity contribution is 7.11. The van der Waals surface area contributed by atoms with Crippen molar-refractivity contribution in [2.75, 3.05) is 0 Å². The van der Waals surface area contributed by atoms with Crippen molar-refractivity contribution in [2.24, 2.45) is 0 Å². The third-order valence-corrected chi connectivity index (χ3v) is 5.69. The molecule has 2 heterocycles. The number of aryl methyl sites for hydroxylation is 2. The van der Waals surface area contributed by atoms with E-state index in [9.17, 15) is 0 Å². The minimum atomic E-state index is 0.139. The summed E-state index contributed by atoms with van der Waals surface area (Å²) in [6, 6.07) is 0.320. The van der Waals surface area contributed by atoms with Crippen LogP contribution in [-0.4, -0.2) is 9.97 Å². The SMILES string of the molecule is Cc1nc(C)c(C(C)NCc2csc(C(C)(C)C)n2)s1. The van der Waals surface area contributed by atoms with Crippen molar-refractivity contribution < 1.29 is 0 Å². The maximum atomic E-state index is 4.72. The molecule has 2 aromatic rings. The molecule has 0 bridgehead atoms. The molecule has 0 saturated carbocycles. The Labute approximate surface area is 129 Å². The molecule has 20 heavy (non-hydrogen) atoms. The van der Waals surface area contributed by atoms with Gasteiger partial charge in [-0.3, -0.25) is 0 Å². The second-order valence-corrected chi connectivity index (χ2v) is 8.27. The molecule has 0 aliphatic carbocycles. The molecule has 1 N–H and O–H groups in total. The third kappa shape index (κ3) is 3.65. The van der Waals surface area contributed by atoms with Crippen molar-refractivity contribution >= 4 is 22.7 Å². The van der Waals surface area contributed by atoms with Crippen LogP contribution in [0.4, 0.5) is 0 Å². The third-order valence-electron chi connectivity index (χ3n) is 3.12. The van der Waals surface area contributed by atoms with E-state index in [1.54, 1.807) is 22.7 Å². The lowest BCUT2D eigenvalue weighted by Crippen LogP contribution is -2.18. The molecule has 0 aliphatic rings. The van der Waals surface area contributed by atoms with Crippen LogP contribution in [0, 0.1) is 13.8 Å². The fraction of sp³-hybridized carbons (Fsp3) is 0.600. The molecule has 1 atom stereocenters. The predicted molar refractivity (Wildman–Crippen MR) is 87.7 cm³/mol. The molecular weight excluding hydrogens is 286 g/mol. The summed E-state index contributed by atoms with van der Waals surface area (Å²) in [7, 11) is 0. The molecule has 0 radical (unpaired) electrons. The van der Waals surface area contributed by atoms with Gasteiger partial charge in [-0.25, -0.2) is 9.97 Å². The Morgan fingerprint density at radius 1 is 1.25 bits per heavy atom. The van der Waals surface area contributed by atoms with E-state index >= 15 is 0 Å². The average Bonchev–Trinajstić information content (AvgIpc) is 2.92. The zero-order chi connectivity index (χ0) is 14.9. The standard InChI is InChI=1S/C15H23N3S2/c1-9(13-10(2)17-11(3)20-13)16-7-12-8-19-14(18-12)15(4,5)6/h8-9,16H,7H2,1-6H3. The topological polar surface area (TPSA) is 37.8 Å². The molecule has 0 spiro atoms. The van der Waals surface area contributed by atoms with E-state index in [4.69, 9.17) is 4.98 Å². The molecule has 5 heteroatoms. The van der Waals surface area contributed by atoms with Crippen LogP contribution >= 0.6 is 22.7 Å². The summed E-state index contributed by atoms with van der Waals surface area (Å²) in [6.07, 6.45) is 0. The van der Waals surface area contributed by atoms with Crippen LogP contribution < -0.4 is 5.32 Å². The van der Waals surface area contributed by atoms with Gasteiger partial charge >= 0.3 is 0 Å². The molecular formula is C15H23N3S2. The summed E-state index contributed by atoms with van der Waals surface area (Å²) < 4.78 is 0. The number of hydrogen-bond donors (Lipinski definition) is 1. The summed E-state index contributed by atoms with van der Waals surface area (Å²) >= 11 is 3.53. The van der Waals surface area contributed by atoms with Gasteiger partial charge in [0.25, 0.3) is 0 Å². The number of rotatable bonds is 4. The van der Waals surface area contributed by atoms with Crippen LogP contribution in [0.1, 0.15) is 60.0 Å². The highest BCUT2D eigenvalue weighted by Crippen LogP contribution is 2.27. The maximum absolute atomic E-state index is 4.72. The predicted octanol–water partition coefficient (Wildman–Crippen LogP) is 4.36. The van der Waals surface area contributed by atoms with E-state index in [1.807, 2.05) is 0 Å². The van der Waals surface area contributed by atoms with Gasteiger partial charge in [-0.2, -0.15) is 0 Å². The normalized spacial score (nSPS) is 13.7. The average molecular weight is 310 g/mol. The first-order valence-electron chi connectivity index (χ1n) is 6.89. The summed E-state index contributed by atoms with van der Waals surface area (Å²) in [5.74, 6) is 0. The van der Waals surface area contributed by atoms with Crippen LogP contribution in [0.25, 0.3) is 0 Å². The second kappa shape index (κ2) is 5.92. The van der Waals surface area contributed by atoms with Crippen LogP contribution in [0.15, 0.2) is 5.38 Å². The van der Waals surface area contributed by atoms with Crippen molar-refractivity contribution in [3.63, 3.8) is 0 Å². The largest absolute Gasteiger partial charge is 0.304 e. The van der Waals surface area contributed by atoms with Crippen LogP contribution in [0.5, 0.6) is 0 Å². The van der Waals surface area contributed by atoms with Gasteiger partial charge < -0.3 is 5.32 Å². The van der Waals surface area contributed by atoms with Gasteiger partial charge in [-0.05, 0) is 20.8 Å². The van der Waals surface area contributed by atoms with Gasteiger partial charge in [0.15, 0.2) is 0 Å². The highest BCUT2D eigenvalue weighted by Gasteiger charge is 2.18. The minimum Gasteiger partial charge on any atom is -0.304 e. The second-order valence-electron chi connectivity index (χ2n) is 6.18. The first-order chi connectivity index (χ1) is 9.27. The fourth-order valence-electron chi connectivity index (χ4n) is 2.03. The van der Waals surface area contributed by atoms with Gasteiger partial charge in [0.2, 0.25) is 0 Å². The van der Waals surface area contributed by atoms with Crippen LogP contribution in [0.2, 0.25) is 0 Å². The molecule has 0 saturated heterocycles. The van der Waals surface area contributed by atoms with Crippen molar-refractivity contribution in [1.29, 1.82) is 0 Å². The number of nitrogens with one attached hydrogen (secondary N) is 1. The molecule has 0 aromatic carbocycles.